The molecule has 0 saturated heterocycles. The van der Waals surface area contributed by atoms with Crippen molar-refractivity contribution in [1.82, 2.24) is 19.8 Å². The first-order valence-electron chi connectivity index (χ1n) is 5.82. The second-order valence-electron chi connectivity index (χ2n) is 4.14. The van der Waals surface area contributed by atoms with Gasteiger partial charge in [-0.15, -0.1) is 10.2 Å². The van der Waals surface area contributed by atoms with E-state index >= 15 is 0 Å². The molecule has 0 radical (unpaired) electrons. The molecular formula is C13H7ClN4S2. The van der Waals surface area contributed by atoms with Crippen molar-refractivity contribution in [2.24, 2.45) is 0 Å². The van der Waals surface area contributed by atoms with Gasteiger partial charge in [0.25, 0.3) is 0 Å². The fourth-order valence-corrected chi connectivity index (χ4v) is 3.58. The Morgan fingerprint density at radius 3 is 2.60 bits per heavy atom. The lowest BCUT2D eigenvalue weighted by atomic mass is 10.2. The fourth-order valence-electron chi connectivity index (χ4n) is 1.90. The van der Waals surface area contributed by atoms with Gasteiger partial charge in [0, 0.05) is 21.5 Å². The van der Waals surface area contributed by atoms with Crippen LogP contribution in [0.2, 0.25) is 5.02 Å². The second-order valence-corrected chi connectivity index (χ2v) is 6.32. The number of rotatable bonds is 2. The molecule has 3 heterocycles. The third-order valence-corrected chi connectivity index (χ3v) is 4.74. The van der Waals surface area contributed by atoms with Gasteiger partial charge in [-0.3, -0.25) is 0 Å². The summed E-state index contributed by atoms with van der Waals surface area (Å²) in [5.74, 6) is 0.731. The Hall–Kier alpha value is -1.76. The standard InChI is InChI=1S/C13H7ClN4S2/c14-10-3-1-8(2-4-10)11-15-16-13-18(11)17-12(20-13)9-5-6-19-7-9/h1-7H. The largest absolute Gasteiger partial charge is 0.235 e. The molecule has 98 valence electrons. The summed E-state index contributed by atoms with van der Waals surface area (Å²) in [6, 6.07) is 9.57. The van der Waals surface area contributed by atoms with Crippen LogP contribution in [0.15, 0.2) is 41.1 Å². The van der Waals surface area contributed by atoms with E-state index in [-0.39, 0.29) is 0 Å². The molecule has 0 unspecified atom stereocenters. The van der Waals surface area contributed by atoms with Gasteiger partial charge in [0.2, 0.25) is 4.96 Å². The Labute approximate surface area is 127 Å². The minimum atomic E-state index is 0.701. The Balaban J connectivity index is 1.86. The molecule has 3 aromatic heterocycles. The lowest BCUT2D eigenvalue weighted by Gasteiger charge is -1.96. The molecule has 4 nitrogen and oxygen atoms in total. The van der Waals surface area contributed by atoms with Gasteiger partial charge in [0.05, 0.1) is 0 Å². The van der Waals surface area contributed by atoms with Crippen LogP contribution in [0.1, 0.15) is 0 Å². The average molecular weight is 319 g/mol. The molecule has 20 heavy (non-hydrogen) atoms. The highest BCUT2D eigenvalue weighted by molar-refractivity contribution is 7.20. The summed E-state index contributed by atoms with van der Waals surface area (Å²) in [4.78, 5) is 0.788. The number of hydrogen-bond acceptors (Lipinski definition) is 5. The molecule has 0 aliphatic heterocycles. The van der Waals surface area contributed by atoms with Gasteiger partial charge in [-0.05, 0) is 35.7 Å². The minimum Gasteiger partial charge on any atom is -0.182 e. The van der Waals surface area contributed by atoms with Crippen molar-refractivity contribution in [3.63, 3.8) is 0 Å². The van der Waals surface area contributed by atoms with Crippen LogP contribution in [0, 0.1) is 0 Å². The van der Waals surface area contributed by atoms with Crippen LogP contribution in [0.25, 0.3) is 26.9 Å². The minimum absolute atomic E-state index is 0.701. The Bertz CT molecular complexity index is 862. The highest BCUT2D eigenvalue weighted by atomic mass is 35.5. The molecule has 0 fully saturated rings. The number of thiophene rings is 1. The Morgan fingerprint density at radius 2 is 1.85 bits per heavy atom. The molecule has 0 aliphatic rings. The normalized spacial score (nSPS) is 11.2. The maximum absolute atomic E-state index is 5.91. The van der Waals surface area contributed by atoms with Gasteiger partial charge in [-0.2, -0.15) is 21.0 Å². The summed E-state index contributed by atoms with van der Waals surface area (Å²) in [5, 5.41) is 18.8. The molecule has 1 aromatic carbocycles. The van der Waals surface area contributed by atoms with Gasteiger partial charge in [-0.1, -0.05) is 22.9 Å². The number of benzene rings is 1. The molecule has 0 N–H and O–H groups in total. The van der Waals surface area contributed by atoms with E-state index in [1.165, 1.54) is 11.3 Å². The first-order chi connectivity index (χ1) is 9.81. The van der Waals surface area contributed by atoms with Crippen LogP contribution in [-0.2, 0) is 0 Å². The predicted molar refractivity (Wildman–Crippen MR) is 82.4 cm³/mol. The van der Waals surface area contributed by atoms with Crippen LogP contribution < -0.4 is 0 Å². The van der Waals surface area contributed by atoms with E-state index in [9.17, 15) is 0 Å². The fraction of sp³-hybridized carbons (Fsp3) is 0. The molecule has 0 saturated carbocycles. The van der Waals surface area contributed by atoms with Crippen molar-refractivity contribution in [2.45, 2.75) is 0 Å². The zero-order valence-electron chi connectivity index (χ0n) is 10.0. The van der Waals surface area contributed by atoms with Gasteiger partial charge >= 0.3 is 0 Å². The van der Waals surface area contributed by atoms with E-state index in [0.29, 0.717) is 5.02 Å². The number of nitrogens with zero attached hydrogens (tertiary/aromatic N) is 4. The van der Waals surface area contributed by atoms with E-state index in [1.54, 1.807) is 15.9 Å². The second kappa shape index (κ2) is 4.66. The quantitative estimate of drug-likeness (QED) is 0.555. The molecule has 4 aromatic rings. The molecule has 0 aliphatic carbocycles. The molecular weight excluding hydrogens is 312 g/mol. The van der Waals surface area contributed by atoms with E-state index in [2.05, 4.69) is 26.7 Å². The van der Waals surface area contributed by atoms with E-state index in [4.69, 9.17) is 11.6 Å². The topological polar surface area (TPSA) is 43.1 Å². The number of aromatic nitrogens is 4. The summed E-state index contributed by atoms with van der Waals surface area (Å²) in [6.07, 6.45) is 0. The van der Waals surface area contributed by atoms with Crippen LogP contribution in [0.3, 0.4) is 0 Å². The van der Waals surface area contributed by atoms with Crippen LogP contribution in [-0.4, -0.2) is 19.8 Å². The van der Waals surface area contributed by atoms with Crippen molar-refractivity contribution in [3.05, 3.63) is 46.1 Å². The summed E-state index contributed by atoms with van der Waals surface area (Å²) < 4.78 is 1.78. The van der Waals surface area contributed by atoms with E-state index < -0.39 is 0 Å². The van der Waals surface area contributed by atoms with Crippen LogP contribution in [0.4, 0.5) is 0 Å². The predicted octanol–water partition coefficient (Wildman–Crippen LogP) is 4.23. The Morgan fingerprint density at radius 1 is 1.00 bits per heavy atom. The third-order valence-electron chi connectivity index (χ3n) is 2.86. The van der Waals surface area contributed by atoms with Crippen LogP contribution in [0.5, 0.6) is 0 Å². The lowest BCUT2D eigenvalue weighted by molar-refractivity contribution is 0.971. The third kappa shape index (κ3) is 1.93. The zero-order chi connectivity index (χ0) is 13.5. The monoisotopic (exact) mass is 318 g/mol. The van der Waals surface area contributed by atoms with E-state index in [1.807, 2.05) is 29.6 Å². The number of fused-ring (bicyclic) bond motifs is 1. The maximum Gasteiger partial charge on any atom is 0.235 e. The van der Waals surface area contributed by atoms with Crippen molar-refractivity contribution in [3.8, 4) is 22.0 Å². The molecule has 0 atom stereocenters. The molecule has 0 spiro atoms. The highest BCUT2D eigenvalue weighted by Crippen LogP contribution is 2.29. The van der Waals surface area contributed by atoms with Crippen molar-refractivity contribution >= 4 is 39.2 Å². The zero-order valence-corrected chi connectivity index (χ0v) is 12.4. The molecule has 0 bridgehead atoms. The molecule has 7 heteroatoms. The maximum atomic E-state index is 5.91. The van der Waals surface area contributed by atoms with Gasteiger partial charge < -0.3 is 0 Å². The summed E-state index contributed by atoms with van der Waals surface area (Å²) in [5.41, 5.74) is 2.07. The number of halogens is 1. The highest BCUT2D eigenvalue weighted by Gasteiger charge is 2.14. The Kier molecular flexibility index (Phi) is 2.80. The average Bonchev–Trinajstić information content (AvgIpc) is 3.15. The molecule has 0 amide bonds. The smallest absolute Gasteiger partial charge is 0.182 e. The van der Waals surface area contributed by atoms with Crippen LogP contribution >= 0.6 is 34.3 Å². The van der Waals surface area contributed by atoms with E-state index in [0.717, 1.165) is 26.9 Å². The molecule has 4 rings (SSSR count). The first kappa shape index (κ1) is 12.0. The number of hydrogen-bond donors (Lipinski definition) is 0. The first-order valence-corrected chi connectivity index (χ1v) is 7.96. The summed E-state index contributed by atoms with van der Waals surface area (Å²) >= 11 is 9.10. The summed E-state index contributed by atoms with van der Waals surface area (Å²) in [7, 11) is 0. The van der Waals surface area contributed by atoms with Gasteiger partial charge in [0.1, 0.15) is 5.01 Å². The van der Waals surface area contributed by atoms with Crippen molar-refractivity contribution in [1.29, 1.82) is 0 Å². The van der Waals surface area contributed by atoms with Crippen molar-refractivity contribution < 1.29 is 0 Å². The SMILES string of the molecule is Clc1ccc(-c2nnc3sc(-c4ccsc4)nn23)cc1. The lowest BCUT2D eigenvalue weighted by Crippen LogP contribution is -1.90. The van der Waals surface area contributed by atoms with Gasteiger partial charge in [0.15, 0.2) is 5.82 Å². The van der Waals surface area contributed by atoms with Crippen molar-refractivity contribution in [2.75, 3.05) is 0 Å². The summed E-state index contributed by atoms with van der Waals surface area (Å²) in [6.45, 7) is 0. The van der Waals surface area contributed by atoms with Gasteiger partial charge in [-0.25, -0.2) is 0 Å².